The van der Waals surface area contributed by atoms with Crippen LogP contribution in [0, 0.1) is 0 Å². The van der Waals surface area contributed by atoms with Gasteiger partial charge in [0.2, 0.25) is 0 Å². The summed E-state index contributed by atoms with van der Waals surface area (Å²) in [5.74, 6) is 2.50. The number of nitrogens with zero attached hydrogens (tertiary/aromatic N) is 2. The number of halogens is 1. The van der Waals surface area contributed by atoms with Gasteiger partial charge in [-0.15, -0.1) is 0 Å². The van der Waals surface area contributed by atoms with Crippen LogP contribution in [0.1, 0.15) is 23.9 Å². The lowest BCUT2D eigenvalue weighted by Gasteiger charge is -2.01. The zero-order valence-corrected chi connectivity index (χ0v) is 12.0. The van der Waals surface area contributed by atoms with E-state index in [0.29, 0.717) is 16.8 Å². The largest absolute Gasteiger partial charge is 0.399 e. The van der Waals surface area contributed by atoms with Crippen LogP contribution in [0.3, 0.4) is 0 Å². The van der Waals surface area contributed by atoms with Gasteiger partial charge in [-0.2, -0.15) is 16.7 Å². The maximum atomic E-state index is 5.78. The summed E-state index contributed by atoms with van der Waals surface area (Å²) < 4.78 is 6.25. The molecule has 0 amide bonds. The maximum Gasteiger partial charge on any atom is 0.259 e. The third kappa shape index (κ3) is 2.27. The van der Waals surface area contributed by atoms with Crippen LogP contribution in [0.2, 0.25) is 0 Å². The molecule has 2 aromatic rings. The Morgan fingerprint density at radius 2 is 2.33 bits per heavy atom. The summed E-state index contributed by atoms with van der Waals surface area (Å²) in [4.78, 5) is 4.48. The monoisotopic (exact) mass is 325 g/mol. The summed E-state index contributed by atoms with van der Waals surface area (Å²) in [6.07, 6.45) is 2.35. The fraction of sp³-hybridized carbons (Fsp3) is 0.333. The first kappa shape index (κ1) is 12.0. The molecule has 94 valence electrons. The van der Waals surface area contributed by atoms with Crippen molar-refractivity contribution in [2.75, 3.05) is 11.5 Å². The van der Waals surface area contributed by atoms with Crippen LogP contribution in [0.4, 0.5) is 5.69 Å². The van der Waals surface area contributed by atoms with Gasteiger partial charge in [-0.1, -0.05) is 5.16 Å². The van der Waals surface area contributed by atoms with Gasteiger partial charge in [-0.3, -0.25) is 0 Å². The molecule has 1 unspecified atom stereocenters. The van der Waals surface area contributed by atoms with E-state index in [0.717, 1.165) is 22.3 Å². The van der Waals surface area contributed by atoms with Gasteiger partial charge in [0.05, 0.1) is 10.8 Å². The Labute approximate surface area is 117 Å². The van der Waals surface area contributed by atoms with Crippen molar-refractivity contribution in [3.8, 4) is 11.5 Å². The first-order chi connectivity index (χ1) is 8.74. The molecule has 0 aliphatic carbocycles. The number of anilines is 1. The molecule has 2 N–H and O–H groups in total. The Hall–Kier alpha value is -1.01. The minimum atomic E-state index is 0.377. The molecular weight excluding hydrogens is 314 g/mol. The zero-order valence-electron chi connectivity index (χ0n) is 9.60. The molecule has 1 fully saturated rings. The summed E-state index contributed by atoms with van der Waals surface area (Å²) in [5.41, 5.74) is 7.31. The van der Waals surface area contributed by atoms with Gasteiger partial charge in [-0.05, 0) is 52.7 Å². The molecule has 1 aliphatic heterocycles. The van der Waals surface area contributed by atoms with E-state index in [1.54, 1.807) is 0 Å². The van der Waals surface area contributed by atoms with E-state index in [-0.39, 0.29) is 0 Å². The minimum Gasteiger partial charge on any atom is -0.399 e. The number of benzene rings is 1. The normalized spacial score (nSPS) is 19.3. The molecular formula is C12H12BrN3OS. The molecule has 1 atom stereocenters. The summed E-state index contributed by atoms with van der Waals surface area (Å²) >= 11 is 5.36. The van der Waals surface area contributed by atoms with E-state index in [1.807, 2.05) is 30.0 Å². The average molecular weight is 326 g/mol. The lowest BCUT2D eigenvalue weighted by atomic mass is 10.2. The van der Waals surface area contributed by atoms with E-state index in [1.165, 1.54) is 12.2 Å². The number of aromatic nitrogens is 2. The molecule has 0 radical (unpaired) electrons. The minimum absolute atomic E-state index is 0.377. The van der Waals surface area contributed by atoms with Gasteiger partial charge >= 0.3 is 0 Å². The Morgan fingerprint density at radius 1 is 1.44 bits per heavy atom. The van der Waals surface area contributed by atoms with Crippen molar-refractivity contribution in [3.05, 3.63) is 28.5 Å². The second-order valence-corrected chi connectivity index (χ2v) is 6.36. The highest BCUT2D eigenvalue weighted by atomic mass is 79.9. The summed E-state index contributed by atoms with van der Waals surface area (Å²) in [6, 6.07) is 5.56. The summed E-state index contributed by atoms with van der Waals surface area (Å²) in [5, 5.41) is 4.45. The number of rotatable bonds is 2. The number of thioether (sulfide) groups is 1. The molecule has 1 aromatic heterocycles. The van der Waals surface area contributed by atoms with Gasteiger partial charge < -0.3 is 10.3 Å². The van der Waals surface area contributed by atoms with Crippen LogP contribution in [-0.2, 0) is 0 Å². The standard InChI is InChI=1S/C12H12BrN3OS/c13-9-4-3-7(14)6-8(9)12-15-11(16-17-12)10-2-1-5-18-10/h3-4,6,10H,1-2,5,14H2. The SMILES string of the molecule is Nc1ccc(Br)c(-c2nc(C3CCCS3)no2)c1. The molecule has 3 rings (SSSR count). The third-order valence-electron chi connectivity index (χ3n) is 2.88. The van der Waals surface area contributed by atoms with E-state index >= 15 is 0 Å². The summed E-state index contributed by atoms with van der Waals surface area (Å²) in [6.45, 7) is 0. The predicted octanol–water partition coefficient (Wildman–Crippen LogP) is 3.65. The van der Waals surface area contributed by atoms with Gasteiger partial charge in [0, 0.05) is 10.2 Å². The lowest BCUT2D eigenvalue weighted by molar-refractivity contribution is 0.421. The van der Waals surface area contributed by atoms with Crippen molar-refractivity contribution >= 4 is 33.4 Å². The smallest absolute Gasteiger partial charge is 0.259 e. The Morgan fingerprint density at radius 3 is 3.11 bits per heavy atom. The van der Waals surface area contributed by atoms with Crippen molar-refractivity contribution in [1.29, 1.82) is 0 Å². The van der Waals surface area contributed by atoms with E-state index in [2.05, 4.69) is 26.1 Å². The van der Waals surface area contributed by atoms with Crippen molar-refractivity contribution in [2.45, 2.75) is 18.1 Å². The van der Waals surface area contributed by atoms with Crippen LogP contribution in [0.15, 0.2) is 27.2 Å². The molecule has 1 aliphatic rings. The molecule has 6 heteroatoms. The quantitative estimate of drug-likeness (QED) is 0.854. The van der Waals surface area contributed by atoms with Crippen molar-refractivity contribution in [1.82, 2.24) is 10.1 Å². The number of nitrogen functional groups attached to an aromatic ring is 1. The van der Waals surface area contributed by atoms with Crippen LogP contribution < -0.4 is 5.73 Å². The first-order valence-corrected chi connectivity index (χ1v) is 7.59. The highest BCUT2D eigenvalue weighted by Crippen LogP contribution is 2.39. The fourth-order valence-electron chi connectivity index (χ4n) is 1.96. The van der Waals surface area contributed by atoms with E-state index in [9.17, 15) is 0 Å². The Balaban J connectivity index is 1.94. The molecule has 1 aromatic carbocycles. The highest BCUT2D eigenvalue weighted by Gasteiger charge is 2.23. The van der Waals surface area contributed by atoms with Crippen molar-refractivity contribution in [2.24, 2.45) is 0 Å². The molecule has 0 spiro atoms. The summed E-state index contributed by atoms with van der Waals surface area (Å²) in [7, 11) is 0. The third-order valence-corrected chi connectivity index (χ3v) is 4.94. The number of nitrogens with two attached hydrogens (primary N) is 1. The van der Waals surface area contributed by atoms with Crippen LogP contribution in [0.25, 0.3) is 11.5 Å². The second-order valence-electron chi connectivity index (χ2n) is 4.20. The molecule has 2 heterocycles. The van der Waals surface area contributed by atoms with Gasteiger partial charge in [-0.25, -0.2) is 0 Å². The van der Waals surface area contributed by atoms with Gasteiger partial charge in [0.1, 0.15) is 0 Å². The average Bonchev–Trinajstić information content (AvgIpc) is 3.00. The lowest BCUT2D eigenvalue weighted by Crippen LogP contribution is -1.91. The molecule has 0 bridgehead atoms. The molecule has 4 nitrogen and oxygen atoms in total. The predicted molar refractivity (Wildman–Crippen MR) is 76.3 cm³/mol. The van der Waals surface area contributed by atoms with Gasteiger partial charge in [0.15, 0.2) is 5.82 Å². The Bertz CT molecular complexity index is 566. The molecule has 1 saturated heterocycles. The maximum absolute atomic E-state index is 5.78. The molecule has 18 heavy (non-hydrogen) atoms. The van der Waals surface area contributed by atoms with Crippen molar-refractivity contribution in [3.63, 3.8) is 0 Å². The topological polar surface area (TPSA) is 64.9 Å². The molecule has 0 saturated carbocycles. The second kappa shape index (κ2) is 4.93. The van der Waals surface area contributed by atoms with Crippen LogP contribution in [0.5, 0.6) is 0 Å². The first-order valence-electron chi connectivity index (χ1n) is 5.74. The highest BCUT2D eigenvalue weighted by molar-refractivity contribution is 9.10. The van der Waals surface area contributed by atoms with Crippen molar-refractivity contribution < 1.29 is 4.52 Å². The number of hydrogen-bond donors (Lipinski definition) is 1. The Kier molecular flexibility index (Phi) is 3.30. The van der Waals surface area contributed by atoms with Crippen LogP contribution >= 0.6 is 27.7 Å². The van der Waals surface area contributed by atoms with E-state index in [4.69, 9.17) is 10.3 Å². The zero-order chi connectivity index (χ0) is 12.5. The fourth-order valence-corrected chi connectivity index (χ4v) is 3.58. The van der Waals surface area contributed by atoms with Crippen LogP contribution in [-0.4, -0.2) is 15.9 Å². The van der Waals surface area contributed by atoms with Gasteiger partial charge in [0.25, 0.3) is 5.89 Å². The van der Waals surface area contributed by atoms with E-state index < -0.39 is 0 Å². The number of hydrogen-bond acceptors (Lipinski definition) is 5.